The molecule has 3 rings (SSSR count). The Hall–Kier alpha value is -0.870. The number of carbonyl (C=O) groups excluding carboxylic acids is 1. The van der Waals surface area contributed by atoms with Crippen molar-refractivity contribution in [1.29, 1.82) is 0 Å². The Morgan fingerprint density at radius 1 is 1.45 bits per heavy atom. The number of hydrogen-bond donors (Lipinski definition) is 1. The van der Waals surface area contributed by atoms with E-state index in [2.05, 4.69) is 41.6 Å². The summed E-state index contributed by atoms with van der Waals surface area (Å²) in [5, 5.41) is 5.61. The van der Waals surface area contributed by atoms with E-state index in [4.69, 9.17) is 0 Å². The number of amides is 1. The maximum atomic E-state index is 12.6. The highest BCUT2D eigenvalue weighted by Gasteiger charge is 2.41. The molecule has 1 N–H and O–H groups in total. The van der Waals surface area contributed by atoms with Crippen LogP contribution in [0.1, 0.15) is 50.6 Å². The fraction of sp³-hybridized carbons (Fsp3) is 0.688. The maximum absolute atomic E-state index is 12.6. The average Bonchev–Trinajstić information content (AvgIpc) is 3.14. The van der Waals surface area contributed by atoms with Gasteiger partial charge in [0, 0.05) is 11.4 Å². The summed E-state index contributed by atoms with van der Waals surface area (Å²) in [6, 6.07) is 4.21. The second-order valence-corrected chi connectivity index (χ2v) is 7.18. The maximum Gasteiger partial charge on any atom is 0.241 e. The van der Waals surface area contributed by atoms with Gasteiger partial charge in [-0.25, -0.2) is 0 Å². The van der Waals surface area contributed by atoms with E-state index >= 15 is 0 Å². The van der Waals surface area contributed by atoms with Gasteiger partial charge in [-0.3, -0.25) is 10.1 Å². The molecule has 1 aliphatic carbocycles. The van der Waals surface area contributed by atoms with Gasteiger partial charge in [0.1, 0.15) is 6.17 Å². The van der Waals surface area contributed by atoms with Gasteiger partial charge in [-0.15, -0.1) is 11.3 Å². The number of nitrogens with zero attached hydrogens (tertiary/aromatic N) is 1. The summed E-state index contributed by atoms with van der Waals surface area (Å²) in [5.74, 6) is 1.73. The molecule has 0 spiro atoms. The topological polar surface area (TPSA) is 32.3 Å². The first-order chi connectivity index (χ1) is 9.70. The Morgan fingerprint density at radius 2 is 2.30 bits per heavy atom. The van der Waals surface area contributed by atoms with Gasteiger partial charge in [0.15, 0.2) is 0 Å². The minimum Gasteiger partial charge on any atom is -0.320 e. The van der Waals surface area contributed by atoms with Crippen LogP contribution in [0.3, 0.4) is 0 Å². The third-order valence-electron chi connectivity index (χ3n) is 4.94. The highest BCUT2D eigenvalue weighted by molar-refractivity contribution is 7.10. The fourth-order valence-electron chi connectivity index (χ4n) is 3.60. The summed E-state index contributed by atoms with van der Waals surface area (Å²) in [6.45, 7) is 5.35. The lowest BCUT2D eigenvalue weighted by Gasteiger charge is -2.28. The van der Waals surface area contributed by atoms with E-state index in [1.54, 1.807) is 11.3 Å². The number of thiophene rings is 1. The van der Waals surface area contributed by atoms with Crippen molar-refractivity contribution in [3.05, 3.63) is 22.4 Å². The van der Waals surface area contributed by atoms with Crippen molar-refractivity contribution in [2.45, 2.75) is 51.7 Å². The molecule has 1 aliphatic heterocycles. The molecule has 0 bridgehead atoms. The van der Waals surface area contributed by atoms with Crippen LogP contribution in [-0.4, -0.2) is 23.4 Å². The SMILES string of the molecule is CCC1NC(c2cccs2)N(CC2CCCC2C)C1=O. The minimum absolute atomic E-state index is 0.00110. The van der Waals surface area contributed by atoms with Crippen LogP contribution >= 0.6 is 11.3 Å². The standard InChI is InChI=1S/C16H24N2OS/c1-3-13-16(19)18(10-12-7-4-6-11(12)2)15(17-13)14-8-5-9-20-14/h5,8-9,11-13,15,17H,3-4,6-7,10H2,1-2H3. The van der Waals surface area contributed by atoms with E-state index in [1.807, 2.05) is 0 Å². The molecular formula is C16H24N2OS. The summed E-state index contributed by atoms with van der Waals surface area (Å²) >= 11 is 1.74. The van der Waals surface area contributed by atoms with Gasteiger partial charge in [0.2, 0.25) is 5.91 Å². The number of carbonyl (C=O) groups is 1. The minimum atomic E-state index is -0.00110. The van der Waals surface area contributed by atoms with Crippen LogP contribution in [0, 0.1) is 11.8 Å². The van der Waals surface area contributed by atoms with Crippen molar-refractivity contribution >= 4 is 17.2 Å². The zero-order valence-corrected chi connectivity index (χ0v) is 13.2. The Morgan fingerprint density at radius 3 is 2.90 bits per heavy atom. The van der Waals surface area contributed by atoms with Crippen molar-refractivity contribution in [1.82, 2.24) is 10.2 Å². The number of nitrogens with one attached hydrogen (secondary N) is 1. The molecular weight excluding hydrogens is 268 g/mol. The lowest BCUT2D eigenvalue weighted by Crippen LogP contribution is -2.35. The van der Waals surface area contributed by atoms with Crippen LogP contribution in [0.5, 0.6) is 0 Å². The zero-order chi connectivity index (χ0) is 14.1. The second-order valence-electron chi connectivity index (χ2n) is 6.20. The lowest BCUT2D eigenvalue weighted by atomic mass is 9.97. The molecule has 1 amide bonds. The third-order valence-corrected chi connectivity index (χ3v) is 5.87. The molecule has 4 unspecified atom stereocenters. The quantitative estimate of drug-likeness (QED) is 0.922. The van der Waals surface area contributed by atoms with Crippen LogP contribution in [0.2, 0.25) is 0 Å². The molecule has 1 aromatic rings. The van der Waals surface area contributed by atoms with E-state index in [0.29, 0.717) is 11.8 Å². The summed E-state index contributed by atoms with van der Waals surface area (Å²) in [7, 11) is 0. The van der Waals surface area contributed by atoms with Gasteiger partial charge in [-0.2, -0.15) is 0 Å². The van der Waals surface area contributed by atoms with Crippen LogP contribution in [0.4, 0.5) is 0 Å². The largest absolute Gasteiger partial charge is 0.320 e. The summed E-state index contributed by atoms with van der Waals surface area (Å²) < 4.78 is 0. The highest BCUT2D eigenvalue weighted by Crippen LogP contribution is 2.36. The Bertz CT molecular complexity index is 459. The molecule has 110 valence electrons. The zero-order valence-electron chi connectivity index (χ0n) is 12.3. The lowest BCUT2D eigenvalue weighted by molar-refractivity contribution is -0.130. The van der Waals surface area contributed by atoms with Crippen LogP contribution in [0.25, 0.3) is 0 Å². The Labute approximate surface area is 125 Å². The molecule has 0 aromatic carbocycles. The Balaban J connectivity index is 1.79. The fourth-order valence-corrected chi connectivity index (χ4v) is 4.39. The molecule has 2 aliphatic rings. The molecule has 2 fully saturated rings. The van der Waals surface area contributed by atoms with Crippen LogP contribution < -0.4 is 5.32 Å². The van der Waals surface area contributed by atoms with Crippen molar-refractivity contribution in [2.75, 3.05) is 6.54 Å². The predicted octanol–water partition coefficient (Wildman–Crippen LogP) is 3.39. The van der Waals surface area contributed by atoms with E-state index < -0.39 is 0 Å². The molecule has 20 heavy (non-hydrogen) atoms. The summed E-state index contributed by atoms with van der Waals surface area (Å²) in [5.41, 5.74) is 0. The molecule has 2 heterocycles. The highest BCUT2D eigenvalue weighted by atomic mass is 32.1. The molecule has 4 atom stereocenters. The molecule has 4 heteroatoms. The first kappa shape index (κ1) is 14.1. The van der Waals surface area contributed by atoms with E-state index in [-0.39, 0.29) is 12.2 Å². The van der Waals surface area contributed by atoms with E-state index in [1.165, 1.54) is 24.1 Å². The van der Waals surface area contributed by atoms with Gasteiger partial charge in [0.25, 0.3) is 0 Å². The van der Waals surface area contributed by atoms with Gasteiger partial charge in [0.05, 0.1) is 6.04 Å². The second kappa shape index (κ2) is 5.86. The van der Waals surface area contributed by atoms with Crippen molar-refractivity contribution in [3.8, 4) is 0 Å². The number of hydrogen-bond acceptors (Lipinski definition) is 3. The molecule has 1 aromatic heterocycles. The first-order valence-electron chi connectivity index (χ1n) is 7.80. The predicted molar refractivity (Wildman–Crippen MR) is 82.5 cm³/mol. The molecule has 0 radical (unpaired) electrons. The summed E-state index contributed by atoms with van der Waals surface area (Å²) in [6.07, 6.45) is 4.89. The third kappa shape index (κ3) is 2.51. The molecule has 3 nitrogen and oxygen atoms in total. The van der Waals surface area contributed by atoms with Gasteiger partial charge in [-0.05, 0) is 36.1 Å². The number of rotatable bonds is 4. The van der Waals surface area contributed by atoms with E-state index in [9.17, 15) is 4.79 Å². The smallest absolute Gasteiger partial charge is 0.241 e. The molecule has 1 saturated carbocycles. The van der Waals surface area contributed by atoms with Crippen molar-refractivity contribution in [3.63, 3.8) is 0 Å². The van der Waals surface area contributed by atoms with Crippen LogP contribution in [-0.2, 0) is 4.79 Å². The monoisotopic (exact) mass is 292 g/mol. The van der Waals surface area contributed by atoms with Crippen LogP contribution in [0.15, 0.2) is 17.5 Å². The van der Waals surface area contributed by atoms with Gasteiger partial charge >= 0.3 is 0 Å². The van der Waals surface area contributed by atoms with Gasteiger partial charge in [-0.1, -0.05) is 32.8 Å². The molecule has 1 saturated heterocycles. The van der Waals surface area contributed by atoms with Crippen molar-refractivity contribution < 1.29 is 4.79 Å². The van der Waals surface area contributed by atoms with E-state index in [0.717, 1.165) is 18.9 Å². The average molecular weight is 292 g/mol. The van der Waals surface area contributed by atoms with Gasteiger partial charge < -0.3 is 4.90 Å². The first-order valence-corrected chi connectivity index (χ1v) is 8.68. The normalized spacial score (nSPS) is 34.1. The Kier molecular flexibility index (Phi) is 4.13. The summed E-state index contributed by atoms with van der Waals surface area (Å²) in [4.78, 5) is 16.0. The van der Waals surface area contributed by atoms with Crippen molar-refractivity contribution in [2.24, 2.45) is 11.8 Å².